The molecule has 3 rings (SSSR count). The first-order valence-corrected chi connectivity index (χ1v) is 9.58. The highest BCUT2D eigenvalue weighted by atomic mass is 32.2. The van der Waals surface area contributed by atoms with Gasteiger partial charge >= 0.3 is 0 Å². The lowest BCUT2D eigenvalue weighted by Gasteiger charge is -2.41. The van der Waals surface area contributed by atoms with E-state index < -0.39 is 9.84 Å². The minimum atomic E-state index is -2.83. The first kappa shape index (κ1) is 14.8. The maximum absolute atomic E-state index is 11.7. The molecular weight excluding hydrogens is 274 g/mol. The van der Waals surface area contributed by atoms with Crippen molar-refractivity contribution >= 4 is 9.84 Å². The molecule has 3 unspecified atom stereocenters. The molecule has 3 fully saturated rings. The number of hydrogen-bond acceptors (Lipinski definition) is 5. The average Bonchev–Trinajstić information content (AvgIpc) is 3.09. The average molecular weight is 301 g/mol. The molecule has 0 spiro atoms. The molecule has 1 aliphatic carbocycles. The van der Waals surface area contributed by atoms with Crippen LogP contribution in [0.1, 0.15) is 32.6 Å². The SMILES string of the molecule is CC1CC(CN)(N(C)C2CCS(=O)(=O)C2)CN1C1CC1. The Balaban J connectivity index is 1.75. The molecule has 0 amide bonds. The molecule has 116 valence electrons. The molecule has 6 heteroatoms. The first-order valence-electron chi connectivity index (χ1n) is 7.76. The molecule has 2 saturated heterocycles. The van der Waals surface area contributed by atoms with Gasteiger partial charge in [0.25, 0.3) is 0 Å². The smallest absolute Gasteiger partial charge is 0.151 e. The van der Waals surface area contributed by atoms with Gasteiger partial charge in [0.15, 0.2) is 9.84 Å². The summed E-state index contributed by atoms with van der Waals surface area (Å²) in [4.78, 5) is 4.89. The van der Waals surface area contributed by atoms with Crippen LogP contribution in [0, 0.1) is 0 Å². The van der Waals surface area contributed by atoms with E-state index in [4.69, 9.17) is 5.73 Å². The summed E-state index contributed by atoms with van der Waals surface area (Å²) in [5.41, 5.74) is 6.10. The third-order valence-electron chi connectivity index (χ3n) is 5.62. The number of likely N-dealkylation sites (N-methyl/N-ethyl adjacent to an activating group) is 1. The van der Waals surface area contributed by atoms with Crippen LogP contribution >= 0.6 is 0 Å². The number of rotatable bonds is 4. The Bertz CT molecular complexity index is 477. The van der Waals surface area contributed by atoms with Crippen LogP contribution in [0.4, 0.5) is 0 Å². The van der Waals surface area contributed by atoms with Gasteiger partial charge in [-0.25, -0.2) is 8.42 Å². The minimum Gasteiger partial charge on any atom is -0.329 e. The lowest BCUT2D eigenvalue weighted by atomic mass is 9.92. The number of nitrogens with two attached hydrogens (primary N) is 1. The predicted octanol–water partition coefficient (Wildman–Crippen LogP) is 0.0594. The van der Waals surface area contributed by atoms with Crippen LogP contribution in [0.2, 0.25) is 0 Å². The van der Waals surface area contributed by atoms with Gasteiger partial charge in [-0.2, -0.15) is 0 Å². The van der Waals surface area contributed by atoms with E-state index in [1.54, 1.807) is 0 Å². The van der Waals surface area contributed by atoms with Crippen molar-refractivity contribution in [2.24, 2.45) is 5.73 Å². The largest absolute Gasteiger partial charge is 0.329 e. The Kier molecular flexibility index (Phi) is 3.64. The molecular formula is C14H27N3O2S. The molecule has 20 heavy (non-hydrogen) atoms. The van der Waals surface area contributed by atoms with Crippen LogP contribution in [-0.4, -0.2) is 73.5 Å². The molecule has 0 bridgehead atoms. The number of likely N-dealkylation sites (tertiary alicyclic amines) is 1. The van der Waals surface area contributed by atoms with Gasteiger partial charge in [-0.15, -0.1) is 0 Å². The Morgan fingerprint density at radius 3 is 2.55 bits per heavy atom. The van der Waals surface area contributed by atoms with Gasteiger partial charge in [-0.1, -0.05) is 0 Å². The Morgan fingerprint density at radius 1 is 1.35 bits per heavy atom. The normalized spacial score (nSPS) is 41.6. The third-order valence-corrected chi connectivity index (χ3v) is 7.37. The van der Waals surface area contributed by atoms with Crippen LogP contribution in [0.3, 0.4) is 0 Å². The summed E-state index contributed by atoms with van der Waals surface area (Å²) in [6.45, 7) is 3.91. The van der Waals surface area contributed by atoms with Crippen molar-refractivity contribution < 1.29 is 8.42 Å². The zero-order valence-electron chi connectivity index (χ0n) is 12.6. The summed E-state index contributed by atoms with van der Waals surface area (Å²) >= 11 is 0. The lowest BCUT2D eigenvalue weighted by Crippen LogP contribution is -2.58. The molecule has 0 aromatic heterocycles. The summed E-state index contributed by atoms with van der Waals surface area (Å²) in [5.74, 6) is 0.646. The van der Waals surface area contributed by atoms with Crippen molar-refractivity contribution in [3.05, 3.63) is 0 Å². The molecule has 2 aliphatic heterocycles. The van der Waals surface area contributed by atoms with Crippen LogP contribution < -0.4 is 5.73 Å². The fourth-order valence-corrected chi connectivity index (χ4v) is 5.91. The molecule has 1 saturated carbocycles. The van der Waals surface area contributed by atoms with Crippen molar-refractivity contribution in [3.8, 4) is 0 Å². The lowest BCUT2D eigenvalue weighted by molar-refractivity contribution is 0.0913. The number of sulfone groups is 1. The summed E-state index contributed by atoms with van der Waals surface area (Å²) in [5, 5.41) is 0. The molecule has 3 aliphatic rings. The van der Waals surface area contributed by atoms with Crippen LogP contribution in [0.5, 0.6) is 0 Å². The van der Waals surface area contributed by atoms with Gasteiger partial charge in [-0.3, -0.25) is 9.80 Å². The van der Waals surface area contributed by atoms with E-state index in [2.05, 4.69) is 23.8 Å². The third kappa shape index (κ3) is 2.51. The van der Waals surface area contributed by atoms with E-state index in [1.165, 1.54) is 12.8 Å². The van der Waals surface area contributed by atoms with Gasteiger partial charge in [0.1, 0.15) is 0 Å². The monoisotopic (exact) mass is 301 g/mol. The van der Waals surface area contributed by atoms with Gasteiger partial charge in [0.2, 0.25) is 0 Å². The Hall–Kier alpha value is -0.170. The standard InChI is InChI=1S/C14H27N3O2S/c1-11-7-14(9-15,10-17(11)12-3-4-12)16(2)13-5-6-20(18,19)8-13/h11-13H,3-10,15H2,1-2H3. The fraction of sp³-hybridized carbons (Fsp3) is 1.00. The molecule has 5 nitrogen and oxygen atoms in total. The van der Waals surface area contributed by atoms with Crippen molar-refractivity contribution in [1.82, 2.24) is 9.80 Å². The van der Waals surface area contributed by atoms with Gasteiger partial charge < -0.3 is 5.73 Å². The summed E-state index contributed by atoms with van der Waals surface area (Å²) in [6.07, 6.45) is 4.45. The summed E-state index contributed by atoms with van der Waals surface area (Å²) < 4.78 is 23.5. The van der Waals surface area contributed by atoms with Gasteiger partial charge in [0, 0.05) is 36.8 Å². The van der Waals surface area contributed by atoms with Crippen LogP contribution in [0.15, 0.2) is 0 Å². The second kappa shape index (κ2) is 4.93. The number of hydrogen-bond donors (Lipinski definition) is 1. The first-order chi connectivity index (χ1) is 9.37. The van der Waals surface area contributed by atoms with Crippen molar-refractivity contribution in [2.75, 3.05) is 31.6 Å². The van der Waals surface area contributed by atoms with E-state index in [0.717, 1.165) is 25.4 Å². The highest BCUT2D eigenvalue weighted by molar-refractivity contribution is 7.91. The quantitative estimate of drug-likeness (QED) is 0.795. The minimum absolute atomic E-state index is 0.0352. The zero-order chi connectivity index (χ0) is 14.5. The predicted molar refractivity (Wildman–Crippen MR) is 80.4 cm³/mol. The topological polar surface area (TPSA) is 66.6 Å². The van der Waals surface area contributed by atoms with E-state index in [1.807, 2.05) is 0 Å². The second-order valence-corrected chi connectivity index (χ2v) is 9.28. The van der Waals surface area contributed by atoms with E-state index in [9.17, 15) is 8.42 Å². The molecule has 0 aromatic carbocycles. The zero-order valence-corrected chi connectivity index (χ0v) is 13.4. The fourth-order valence-electron chi connectivity index (χ4n) is 4.14. The van der Waals surface area contributed by atoms with E-state index in [0.29, 0.717) is 24.1 Å². The van der Waals surface area contributed by atoms with Gasteiger partial charge in [-0.05, 0) is 39.7 Å². The number of nitrogens with zero attached hydrogens (tertiary/aromatic N) is 2. The highest BCUT2D eigenvalue weighted by Gasteiger charge is 2.50. The highest BCUT2D eigenvalue weighted by Crippen LogP contribution is 2.40. The Morgan fingerprint density at radius 2 is 2.05 bits per heavy atom. The molecule has 0 aromatic rings. The molecule has 3 atom stereocenters. The van der Waals surface area contributed by atoms with E-state index in [-0.39, 0.29) is 11.6 Å². The molecule has 2 N–H and O–H groups in total. The second-order valence-electron chi connectivity index (χ2n) is 7.05. The van der Waals surface area contributed by atoms with Crippen molar-refractivity contribution in [1.29, 1.82) is 0 Å². The molecule has 2 heterocycles. The van der Waals surface area contributed by atoms with Crippen LogP contribution in [-0.2, 0) is 9.84 Å². The summed E-state index contributed by atoms with van der Waals surface area (Å²) in [6, 6.07) is 1.46. The molecule has 0 radical (unpaired) electrons. The van der Waals surface area contributed by atoms with E-state index >= 15 is 0 Å². The Labute approximate surface area is 122 Å². The maximum Gasteiger partial charge on any atom is 0.151 e. The summed E-state index contributed by atoms with van der Waals surface area (Å²) in [7, 11) is -0.747. The van der Waals surface area contributed by atoms with Crippen LogP contribution in [0.25, 0.3) is 0 Å². The maximum atomic E-state index is 11.7. The van der Waals surface area contributed by atoms with Crippen molar-refractivity contribution in [2.45, 2.75) is 56.3 Å². The van der Waals surface area contributed by atoms with Crippen molar-refractivity contribution in [3.63, 3.8) is 0 Å². The van der Waals surface area contributed by atoms with Gasteiger partial charge in [0.05, 0.1) is 11.5 Å².